The summed E-state index contributed by atoms with van der Waals surface area (Å²) in [4.78, 5) is 17.9. The molecule has 6 nitrogen and oxygen atoms in total. The van der Waals surface area contributed by atoms with Crippen LogP contribution in [0.5, 0.6) is 0 Å². The topological polar surface area (TPSA) is 77.5 Å². The Balaban J connectivity index is 1.82. The molecule has 1 amide bonds. The van der Waals surface area contributed by atoms with Crippen LogP contribution in [0.25, 0.3) is 6.08 Å². The molecule has 132 valence electrons. The van der Waals surface area contributed by atoms with Gasteiger partial charge >= 0.3 is 0 Å². The van der Waals surface area contributed by atoms with Gasteiger partial charge in [-0.1, -0.05) is 26.7 Å². The van der Waals surface area contributed by atoms with Gasteiger partial charge in [0, 0.05) is 37.9 Å². The number of hydrogen-bond donors (Lipinski definition) is 3. The van der Waals surface area contributed by atoms with Gasteiger partial charge in [0.05, 0.1) is 0 Å². The summed E-state index contributed by atoms with van der Waals surface area (Å²) < 4.78 is 0. The summed E-state index contributed by atoms with van der Waals surface area (Å²) in [5.74, 6) is 1.10. The first-order valence-electron chi connectivity index (χ1n) is 8.71. The summed E-state index contributed by atoms with van der Waals surface area (Å²) in [6.07, 6.45) is 8.21. The van der Waals surface area contributed by atoms with Gasteiger partial charge < -0.3 is 10.2 Å². The van der Waals surface area contributed by atoms with E-state index in [2.05, 4.69) is 29.0 Å². The lowest BCUT2D eigenvalue weighted by Gasteiger charge is -2.22. The van der Waals surface area contributed by atoms with Gasteiger partial charge in [-0.2, -0.15) is 0 Å². The molecular formula is C18H28N4O2. The third-order valence-electron chi connectivity index (χ3n) is 4.62. The molecule has 0 aromatic carbocycles. The molecule has 24 heavy (non-hydrogen) atoms. The molecule has 0 unspecified atom stereocenters. The lowest BCUT2D eigenvalue weighted by Crippen LogP contribution is -2.30. The smallest absolute Gasteiger partial charge is 0.267 e. The molecule has 6 heteroatoms. The first-order chi connectivity index (χ1) is 11.6. The van der Waals surface area contributed by atoms with Gasteiger partial charge in [0.2, 0.25) is 0 Å². The van der Waals surface area contributed by atoms with Gasteiger partial charge in [-0.3, -0.25) is 10.0 Å². The third kappa shape index (κ3) is 5.62. The second kappa shape index (κ2) is 9.39. The average Bonchev–Trinajstić information content (AvgIpc) is 3.05. The molecule has 0 spiro atoms. The van der Waals surface area contributed by atoms with Crippen LogP contribution in [0.1, 0.15) is 38.7 Å². The van der Waals surface area contributed by atoms with E-state index < -0.39 is 5.91 Å². The van der Waals surface area contributed by atoms with Crippen LogP contribution in [0.3, 0.4) is 0 Å². The zero-order chi connectivity index (χ0) is 17.4. The van der Waals surface area contributed by atoms with E-state index in [0.29, 0.717) is 6.04 Å². The third-order valence-corrected chi connectivity index (χ3v) is 4.62. The normalized spacial score (nSPS) is 18.4. The largest absolute Gasteiger partial charge is 0.366 e. The van der Waals surface area contributed by atoms with E-state index in [-0.39, 0.29) is 0 Å². The highest BCUT2D eigenvalue weighted by atomic mass is 16.5. The fraction of sp³-hybridized carbons (Fsp3) is 0.556. The Hall–Kier alpha value is -1.92. The summed E-state index contributed by atoms with van der Waals surface area (Å²) in [5.41, 5.74) is 2.37. The van der Waals surface area contributed by atoms with Crippen molar-refractivity contribution < 1.29 is 10.0 Å². The van der Waals surface area contributed by atoms with E-state index in [1.165, 1.54) is 25.5 Å². The number of pyridine rings is 1. The first-order valence-corrected chi connectivity index (χ1v) is 8.71. The number of amides is 1. The Morgan fingerprint density at radius 3 is 2.88 bits per heavy atom. The lowest BCUT2D eigenvalue weighted by molar-refractivity contribution is -0.124. The zero-order valence-corrected chi connectivity index (χ0v) is 14.5. The minimum atomic E-state index is -0.555. The van der Waals surface area contributed by atoms with Crippen LogP contribution >= 0.6 is 0 Å². The van der Waals surface area contributed by atoms with Crippen LogP contribution in [0, 0.1) is 5.92 Å². The molecule has 0 saturated carbocycles. The van der Waals surface area contributed by atoms with Crippen LogP contribution in [0.15, 0.2) is 24.4 Å². The van der Waals surface area contributed by atoms with Crippen LogP contribution < -0.4 is 10.8 Å². The van der Waals surface area contributed by atoms with Crippen molar-refractivity contribution in [1.82, 2.24) is 15.4 Å². The van der Waals surface area contributed by atoms with Gasteiger partial charge in [-0.25, -0.2) is 10.5 Å². The summed E-state index contributed by atoms with van der Waals surface area (Å²) in [5, 5.41) is 11.9. The maximum Gasteiger partial charge on any atom is 0.267 e. The van der Waals surface area contributed by atoms with Gasteiger partial charge in [0.25, 0.3) is 5.91 Å². The standard InChI is InChI=1S/C18H28N4O2/c1-3-14(4-2)12-22-10-9-16(13-22)20-17-7-5-15(11-19-17)6-8-18(23)21-24/h5-8,11,14,16,24H,3-4,9-10,12-13H2,1-2H3,(H,19,20)(H,21,23)/t16-/m1/s1. The summed E-state index contributed by atoms with van der Waals surface area (Å²) >= 11 is 0. The van der Waals surface area contributed by atoms with Crippen molar-refractivity contribution in [3.8, 4) is 0 Å². The number of carbonyl (C=O) groups excluding carboxylic acids is 1. The Bertz CT molecular complexity index is 540. The van der Waals surface area contributed by atoms with Crippen LogP contribution in [0.2, 0.25) is 0 Å². The van der Waals surface area contributed by atoms with Crippen LogP contribution in [0.4, 0.5) is 5.82 Å². The van der Waals surface area contributed by atoms with Crippen molar-refractivity contribution >= 4 is 17.8 Å². The van der Waals surface area contributed by atoms with Crippen molar-refractivity contribution in [3.05, 3.63) is 30.0 Å². The number of nitrogens with zero attached hydrogens (tertiary/aromatic N) is 2. The predicted octanol–water partition coefficient (Wildman–Crippen LogP) is 2.52. The minimum Gasteiger partial charge on any atom is -0.366 e. The highest BCUT2D eigenvalue weighted by molar-refractivity contribution is 5.90. The monoisotopic (exact) mass is 332 g/mol. The van der Waals surface area contributed by atoms with Crippen molar-refractivity contribution in [1.29, 1.82) is 0 Å². The van der Waals surface area contributed by atoms with Crippen molar-refractivity contribution in [2.75, 3.05) is 25.0 Å². The van der Waals surface area contributed by atoms with Crippen molar-refractivity contribution in [3.63, 3.8) is 0 Å². The molecule has 1 aromatic rings. The number of nitrogens with one attached hydrogen (secondary N) is 2. The van der Waals surface area contributed by atoms with Gasteiger partial charge in [-0.05, 0) is 36.1 Å². The molecule has 1 aliphatic rings. The van der Waals surface area contributed by atoms with E-state index >= 15 is 0 Å². The summed E-state index contributed by atoms with van der Waals surface area (Å²) in [6, 6.07) is 4.25. The van der Waals surface area contributed by atoms with Gasteiger partial charge in [0.1, 0.15) is 5.82 Å². The predicted molar refractivity (Wildman–Crippen MR) is 95.7 cm³/mol. The van der Waals surface area contributed by atoms with E-state index in [4.69, 9.17) is 5.21 Å². The number of hydroxylamine groups is 1. The highest BCUT2D eigenvalue weighted by Gasteiger charge is 2.23. The Labute approximate surface area is 143 Å². The van der Waals surface area contributed by atoms with Crippen molar-refractivity contribution in [2.45, 2.75) is 39.2 Å². The molecule has 3 N–H and O–H groups in total. The van der Waals surface area contributed by atoms with Gasteiger partial charge in [-0.15, -0.1) is 0 Å². The second-order valence-corrected chi connectivity index (χ2v) is 6.36. The minimum absolute atomic E-state index is 0.438. The first kappa shape index (κ1) is 18.4. The number of rotatable bonds is 8. The van der Waals surface area contributed by atoms with E-state index in [1.807, 2.05) is 12.1 Å². The molecule has 1 aromatic heterocycles. The SMILES string of the molecule is CCC(CC)CN1CC[C@@H](Nc2ccc(C=CC(=O)NO)cn2)C1. The number of carbonyl (C=O) groups is 1. The number of hydrogen-bond acceptors (Lipinski definition) is 5. The fourth-order valence-corrected chi connectivity index (χ4v) is 3.04. The molecular weight excluding hydrogens is 304 g/mol. The van der Waals surface area contributed by atoms with E-state index in [1.54, 1.807) is 17.8 Å². The Morgan fingerprint density at radius 2 is 2.25 bits per heavy atom. The van der Waals surface area contributed by atoms with Crippen LogP contribution in [-0.2, 0) is 4.79 Å². The van der Waals surface area contributed by atoms with E-state index in [0.717, 1.165) is 36.8 Å². The molecule has 0 radical (unpaired) electrons. The van der Waals surface area contributed by atoms with E-state index in [9.17, 15) is 4.79 Å². The molecule has 0 aliphatic carbocycles. The quantitative estimate of drug-likeness (QED) is 0.387. The summed E-state index contributed by atoms with van der Waals surface area (Å²) in [7, 11) is 0. The molecule has 1 saturated heterocycles. The van der Waals surface area contributed by atoms with Gasteiger partial charge in [0.15, 0.2) is 0 Å². The van der Waals surface area contributed by atoms with Crippen molar-refractivity contribution in [2.24, 2.45) is 5.92 Å². The number of likely N-dealkylation sites (tertiary alicyclic amines) is 1. The maximum atomic E-state index is 10.9. The number of anilines is 1. The average molecular weight is 332 g/mol. The maximum absolute atomic E-state index is 10.9. The molecule has 1 atom stereocenters. The van der Waals surface area contributed by atoms with Crippen LogP contribution in [-0.4, -0.2) is 46.7 Å². The second-order valence-electron chi connectivity index (χ2n) is 6.36. The summed E-state index contributed by atoms with van der Waals surface area (Å²) in [6.45, 7) is 7.94. The fourth-order valence-electron chi connectivity index (χ4n) is 3.04. The lowest BCUT2D eigenvalue weighted by atomic mass is 10.0. The zero-order valence-electron chi connectivity index (χ0n) is 14.5. The number of aromatic nitrogens is 1. The molecule has 1 aliphatic heterocycles. The highest BCUT2D eigenvalue weighted by Crippen LogP contribution is 2.18. The molecule has 2 heterocycles. The Morgan fingerprint density at radius 1 is 1.46 bits per heavy atom. The Kier molecular flexibility index (Phi) is 7.21. The molecule has 0 bridgehead atoms. The molecule has 2 rings (SSSR count). The molecule has 1 fully saturated rings.